The molecule has 0 spiro atoms. The van der Waals surface area contributed by atoms with E-state index in [1.54, 1.807) is 6.92 Å². The summed E-state index contributed by atoms with van der Waals surface area (Å²) in [5.41, 5.74) is 2.16. The zero-order chi connectivity index (χ0) is 21.8. The lowest BCUT2D eigenvalue weighted by Crippen LogP contribution is -2.23. The quantitative estimate of drug-likeness (QED) is 0.346. The molecule has 0 unspecified atom stereocenters. The monoisotopic (exact) mass is 427 g/mol. The summed E-state index contributed by atoms with van der Waals surface area (Å²) in [7, 11) is 3.27. The molecular formula is C20H21N5O4S. The molecule has 0 radical (unpaired) electrons. The average Bonchev–Trinajstić information content (AvgIpc) is 3.08. The third-order valence-corrected chi connectivity index (χ3v) is 5.55. The van der Waals surface area contributed by atoms with Crippen LogP contribution in [0.15, 0.2) is 47.6 Å². The first kappa shape index (κ1) is 21.3. The van der Waals surface area contributed by atoms with Crippen LogP contribution in [-0.2, 0) is 11.8 Å². The van der Waals surface area contributed by atoms with E-state index in [0.29, 0.717) is 16.7 Å². The lowest BCUT2D eigenvalue weighted by atomic mass is 10.1. The molecule has 0 aliphatic carbocycles. The Balaban J connectivity index is 1.76. The molecule has 1 aromatic heterocycles. The molecule has 0 fully saturated rings. The van der Waals surface area contributed by atoms with Gasteiger partial charge >= 0.3 is 0 Å². The summed E-state index contributed by atoms with van der Waals surface area (Å²) in [5.74, 6) is 0.708. The van der Waals surface area contributed by atoms with Crippen LogP contribution in [0.4, 0.5) is 11.4 Å². The van der Waals surface area contributed by atoms with E-state index in [0.717, 1.165) is 11.1 Å². The van der Waals surface area contributed by atoms with E-state index in [1.807, 2.05) is 42.8 Å². The van der Waals surface area contributed by atoms with Crippen LogP contribution in [0.5, 0.6) is 5.75 Å². The molecule has 156 valence electrons. The molecule has 0 saturated heterocycles. The summed E-state index contributed by atoms with van der Waals surface area (Å²) in [6, 6.07) is 12.0. The molecule has 9 nitrogen and oxygen atoms in total. The number of benzene rings is 2. The standard InChI is InChI=1S/C20H21N5O4S/c1-12-6-5-7-14(10-12)18-22-23-20(24(18)3)30-13(2)19(26)21-16-11-15(25(27)28)8-9-17(16)29-4/h5-11,13H,1-4H3,(H,21,26)/t13-/m1/s1. The number of nitro groups is 1. The van der Waals surface area contributed by atoms with Crippen LogP contribution >= 0.6 is 11.8 Å². The number of non-ortho nitro benzene ring substituents is 1. The minimum Gasteiger partial charge on any atom is -0.495 e. The molecule has 3 aromatic rings. The van der Waals surface area contributed by atoms with E-state index in [9.17, 15) is 14.9 Å². The van der Waals surface area contributed by atoms with Gasteiger partial charge in [0.2, 0.25) is 5.91 Å². The van der Waals surface area contributed by atoms with Crippen molar-refractivity contribution < 1.29 is 14.5 Å². The minimum absolute atomic E-state index is 0.137. The van der Waals surface area contributed by atoms with Crippen LogP contribution in [0.3, 0.4) is 0 Å². The molecule has 1 N–H and O–H groups in total. The van der Waals surface area contributed by atoms with Crippen molar-refractivity contribution in [2.75, 3.05) is 12.4 Å². The highest BCUT2D eigenvalue weighted by atomic mass is 32.2. The largest absolute Gasteiger partial charge is 0.495 e. The van der Waals surface area contributed by atoms with Gasteiger partial charge in [-0.1, -0.05) is 35.5 Å². The van der Waals surface area contributed by atoms with Crippen LogP contribution in [0.2, 0.25) is 0 Å². The maximum absolute atomic E-state index is 12.7. The molecule has 1 heterocycles. The molecular weight excluding hydrogens is 406 g/mol. The van der Waals surface area contributed by atoms with Gasteiger partial charge in [0, 0.05) is 24.7 Å². The second-order valence-electron chi connectivity index (χ2n) is 6.63. The summed E-state index contributed by atoms with van der Waals surface area (Å²) in [6.07, 6.45) is 0. The van der Waals surface area contributed by atoms with E-state index >= 15 is 0 Å². The van der Waals surface area contributed by atoms with Gasteiger partial charge in [0.15, 0.2) is 11.0 Å². The fourth-order valence-electron chi connectivity index (χ4n) is 2.81. The molecule has 10 heteroatoms. The Morgan fingerprint density at radius 2 is 2.03 bits per heavy atom. The Bertz CT molecular complexity index is 1100. The number of thioether (sulfide) groups is 1. The topological polar surface area (TPSA) is 112 Å². The maximum atomic E-state index is 12.7. The van der Waals surface area contributed by atoms with E-state index in [2.05, 4.69) is 15.5 Å². The number of anilines is 1. The summed E-state index contributed by atoms with van der Waals surface area (Å²) >= 11 is 1.24. The van der Waals surface area contributed by atoms with E-state index in [1.165, 1.54) is 37.1 Å². The normalized spacial score (nSPS) is 11.7. The average molecular weight is 427 g/mol. The Morgan fingerprint density at radius 1 is 1.27 bits per heavy atom. The smallest absolute Gasteiger partial charge is 0.271 e. The highest BCUT2D eigenvalue weighted by Crippen LogP contribution is 2.31. The van der Waals surface area contributed by atoms with Crippen molar-refractivity contribution in [2.45, 2.75) is 24.3 Å². The summed E-state index contributed by atoms with van der Waals surface area (Å²) in [4.78, 5) is 23.2. The van der Waals surface area contributed by atoms with Crippen molar-refractivity contribution in [3.63, 3.8) is 0 Å². The fraction of sp³-hybridized carbons (Fsp3) is 0.250. The van der Waals surface area contributed by atoms with Crippen LogP contribution in [0.25, 0.3) is 11.4 Å². The van der Waals surface area contributed by atoms with E-state index in [4.69, 9.17) is 4.74 Å². The number of nitro benzene ring substituents is 1. The second-order valence-corrected chi connectivity index (χ2v) is 7.93. The number of ether oxygens (including phenoxy) is 1. The molecule has 1 amide bonds. The van der Waals surface area contributed by atoms with Gasteiger partial charge in [-0.2, -0.15) is 0 Å². The molecule has 0 bridgehead atoms. The first-order chi connectivity index (χ1) is 14.3. The Labute approximate surface area is 177 Å². The maximum Gasteiger partial charge on any atom is 0.271 e. The number of hydrogen-bond donors (Lipinski definition) is 1. The third-order valence-electron chi connectivity index (χ3n) is 4.41. The first-order valence-corrected chi connectivity index (χ1v) is 9.94. The molecule has 0 aliphatic rings. The summed E-state index contributed by atoms with van der Waals surface area (Å²) in [6.45, 7) is 3.73. The number of aryl methyl sites for hydroxylation is 1. The predicted octanol–water partition coefficient (Wildman–Crippen LogP) is 3.83. The SMILES string of the molecule is COc1ccc([N+](=O)[O-])cc1NC(=O)[C@@H](C)Sc1nnc(-c2cccc(C)c2)n1C. The lowest BCUT2D eigenvalue weighted by molar-refractivity contribution is -0.384. The first-order valence-electron chi connectivity index (χ1n) is 9.06. The van der Waals surface area contributed by atoms with Crippen LogP contribution < -0.4 is 10.1 Å². The highest BCUT2D eigenvalue weighted by molar-refractivity contribution is 8.00. The zero-order valence-corrected chi connectivity index (χ0v) is 17.8. The van der Waals surface area contributed by atoms with Gasteiger partial charge in [-0.05, 0) is 26.0 Å². The molecule has 1 atom stereocenters. The van der Waals surface area contributed by atoms with Gasteiger partial charge in [0.05, 0.1) is 23.0 Å². The van der Waals surface area contributed by atoms with Gasteiger partial charge in [0.25, 0.3) is 5.69 Å². The number of nitrogens with zero attached hydrogens (tertiary/aromatic N) is 4. The molecule has 2 aromatic carbocycles. The van der Waals surface area contributed by atoms with Crippen molar-refractivity contribution in [1.29, 1.82) is 0 Å². The van der Waals surface area contributed by atoms with Crippen molar-refractivity contribution in [2.24, 2.45) is 7.05 Å². The van der Waals surface area contributed by atoms with Gasteiger partial charge < -0.3 is 14.6 Å². The Kier molecular flexibility index (Phi) is 6.36. The fourth-order valence-corrected chi connectivity index (χ4v) is 3.62. The van der Waals surface area contributed by atoms with Gasteiger partial charge in [-0.15, -0.1) is 10.2 Å². The Hall–Kier alpha value is -3.40. The van der Waals surface area contributed by atoms with Crippen molar-refractivity contribution in [3.05, 3.63) is 58.1 Å². The number of carbonyl (C=O) groups excluding carboxylic acids is 1. The van der Waals surface area contributed by atoms with Gasteiger partial charge in [-0.25, -0.2) is 0 Å². The number of aromatic nitrogens is 3. The van der Waals surface area contributed by atoms with Crippen molar-refractivity contribution in [1.82, 2.24) is 14.8 Å². The third kappa shape index (κ3) is 4.60. The predicted molar refractivity (Wildman–Crippen MR) is 115 cm³/mol. The van der Waals surface area contributed by atoms with Gasteiger partial charge in [-0.3, -0.25) is 14.9 Å². The number of hydrogen-bond acceptors (Lipinski definition) is 7. The zero-order valence-electron chi connectivity index (χ0n) is 16.9. The molecule has 3 rings (SSSR count). The molecule has 0 aliphatic heterocycles. The number of rotatable bonds is 7. The van der Waals surface area contributed by atoms with Crippen molar-refractivity contribution in [3.8, 4) is 17.1 Å². The molecule has 30 heavy (non-hydrogen) atoms. The number of methoxy groups -OCH3 is 1. The highest BCUT2D eigenvalue weighted by Gasteiger charge is 2.21. The minimum atomic E-state index is -0.528. The van der Waals surface area contributed by atoms with E-state index in [-0.39, 0.29) is 17.3 Å². The van der Waals surface area contributed by atoms with Crippen LogP contribution in [-0.4, -0.2) is 38.0 Å². The van der Waals surface area contributed by atoms with Crippen LogP contribution in [0.1, 0.15) is 12.5 Å². The number of amides is 1. The summed E-state index contributed by atoms with van der Waals surface area (Å²) in [5, 5.41) is 22.2. The van der Waals surface area contributed by atoms with Gasteiger partial charge in [0.1, 0.15) is 5.75 Å². The summed E-state index contributed by atoms with van der Waals surface area (Å²) < 4.78 is 7.02. The second kappa shape index (κ2) is 8.95. The lowest BCUT2D eigenvalue weighted by Gasteiger charge is -2.14. The van der Waals surface area contributed by atoms with Crippen molar-refractivity contribution >= 4 is 29.0 Å². The molecule has 0 saturated carbocycles. The van der Waals surface area contributed by atoms with Crippen LogP contribution in [0, 0.1) is 17.0 Å². The number of carbonyl (C=O) groups is 1. The Morgan fingerprint density at radius 3 is 2.70 bits per heavy atom. The number of nitrogens with one attached hydrogen (secondary N) is 1. The van der Waals surface area contributed by atoms with E-state index < -0.39 is 10.2 Å².